The molecule has 0 atom stereocenters. The Morgan fingerprint density at radius 2 is 1.91 bits per heavy atom. The van der Waals surface area contributed by atoms with Crippen molar-refractivity contribution in [1.82, 2.24) is 0 Å². The van der Waals surface area contributed by atoms with Gasteiger partial charge in [0, 0.05) is 20.5 Å². The van der Waals surface area contributed by atoms with Gasteiger partial charge in [0.15, 0.2) is 0 Å². The lowest BCUT2D eigenvalue weighted by atomic mass is 10.4. The van der Waals surface area contributed by atoms with E-state index in [1.165, 1.54) is 0 Å². The molecule has 0 aliphatic carbocycles. The normalized spacial score (nSPS) is 11.0. The molecule has 66 valence electrons. The maximum atomic E-state index is 5.25. The Labute approximate surface area is 68.4 Å². The van der Waals surface area contributed by atoms with E-state index < -0.39 is 5.79 Å². The molecule has 0 saturated heterocycles. The van der Waals surface area contributed by atoms with Crippen molar-refractivity contribution in [3.63, 3.8) is 0 Å². The van der Waals surface area contributed by atoms with Crippen LogP contribution < -0.4 is 0 Å². The lowest BCUT2D eigenvalue weighted by Gasteiger charge is -2.21. The molecule has 0 aromatic rings. The summed E-state index contributed by atoms with van der Waals surface area (Å²) in [4.78, 5) is 5.10. The standard InChI is InChI=1S/C8H17NO2/c1-6-10-8(4,5)11-9-7(2)3/h6H2,1-5H3. The van der Waals surface area contributed by atoms with E-state index in [9.17, 15) is 0 Å². The second-order valence-corrected chi connectivity index (χ2v) is 2.96. The summed E-state index contributed by atoms with van der Waals surface area (Å²) in [5, 5.41) is 3.81. The Morgan fingerprint density at radius 3 is 2.27 bits per heavy atom. The van der Waals surface area contributed by atoms with E-state index >= 15 is 0 Å². The van der Waals surface area contributed by atoms with Crippen molar-refractivity contribution < 1.29 is 9.57 Å². The minimum Gasteiger partial charge on any atom is -0.361 e. The van der Waals surface area contributed by atoms with Gasteiger partial charge in [-0.25, -0.2) is 0 Å². The van der Waals surface area contributed by atoms with Crippen LogP contribution >= 0.6 is 0 Å². The van der Waals surface area contributed by atoms with Gasteiger partial charge in [-0.05, 0) is 20.8 Å². The monoisotopic (exact) mass is 159 g/mol. The fraction of sp³-hybridized carbons (Fsp3) is 0.875. The Hall–Kier alpha value is -0.570. The number of oxime groups is 1. The number of hydrogen-bond acceptors (Lipinski definition) is 3. The number of hydrogen-bond donors (Lipinski definition) is 0. The quantitative estimate of drug-likeness (QED) is 0.357. The maximum absolute atomic E-state index is 5.25. The molecule has 0 rings (SSSR count). The van der Waals surface area contributed by atoms with Gasteiger partial charge < -0.3 is 9.57 Å². The molecule has 0 spiro atoms. The summed E-state index contributed by atoms with van der Waals surface area (Å²) >= 11 is 0. The van der Waals surface area contributed by atoms with Crippen molar-refractivity contribution >= 4 is 5.71 Å². The topological polar surface area (TPSA) is 30.8 Å². The van der Waals surface area contributed by atoms with Crippen LogP contribution in [0.25, 0.3) is 0 Å². The molecule has 0 saturated carbocycles. The minimum atomic E-state index is -0.605. The van der Waals surface area contributed by atoms with Crippen LogP contribution in [-0.4, -0.2) is 18.1 Å². The van der Waals surface area contributed by atoms with E-state index in [0.29, 0.717) is 6.61 Å². The third-order valence-electron chi connectivity index (χ3n) is 0.940. The second kappa shape index (κ2) is 4.34. The van der Waals surface area contributed by atoms with Crippen molar-refractivity contribution in [3.05, 3.63) is 0 Å². The fourth-order valence-corrected chi connectivity index (χ4v) is 0.575. The summed E-state index contributed by atoms with van der Waals surface area (Å²) in [6, 6.07) is 0. The molecule has 0 aromatic carbocycles. The zero-order chi connectivity index (χ0) is 8.91. The van der Waals surface area contributed by atoms with Gasteiger partial charge in [-0.3, -0.25) is 0 Å². The minimum absolute atomic E-state index is 0.605. The van der Waals surface area contributed by atoms with Gasteiger partial charge in [0.1, 0.15) is 0 Å². The predicted octanol–water partition coefficient (Wildman–Crippen LogP) is 2.17. The molecule has 0 heterocycles. The van der Waals surface area contributed by atoms with Crippen molar-refractivity contribution in [2.45, 2.75) is 40.4 Å². The van der Waals surface area contributed by atoms with E-state index in [4.69, 9.17) is 9.57 Å². The molecule has 3 nitrogen and oxygen atoms in total. The summed E-state index contributed by atoms with van der Waals surface area (Å²) in [5.74, 6) is -0.605. The van der Waals surface area contributed by atoms with Crippen molar-refractivity contribution in [2.75, 3.05) is 6.61 Å². The number of rotatable bonds is 4. The van der Waals surface area contributed by atoms with E-state index in [-0.39, 0.29) is 0 Å². The van der Waals surface area contributed by atoms with Crippen LogP contribution in [0.1, 0.15) is 34.6 Å². The predicted molar refractivity (Wildman–Crippen MR) is 45.6 cm³/mol. The lowest BCUT2D eigenvalue weighted by Crippen LogP contribution is -2.26. The van der Waals surface area contributed by atoms with Crippen molar-refractivity contribution in [2.24, 2.45) is 5.16 Å². The molecule has 11 heavy (non-hydrogen) atoms. The van der Waals surface area contributed by atoms with Gasteiger partial charge in [-0.2, -0.15) is 0 Å². The molecule has 3 heteroatoms. The van der Waals surface area contributed by atoms with Crippen LogP contribution in [0.2, 0.25) is 0 Å². The molecule has 0 aromatic heterocycles. The number of nitrogens with zero attached hydrogens (tertiary/aromatic N) is 1. The van der Waals surface area contributed by atoms with Crippen molar-refractivity contribution in [1.29, 1.82) is 0 Å². The van der Waals surface area contributed by atoms with Gasteiger partial charge in [0.05, 0.1) is 5.71 Å². The summed E-state index contributed by atoms with van der Waals surface area (Å²) < 4.78 is 5.25. The zero-order valence-corrected chi connectivity index (χ0v) is 7.97. The molecular weight excluding hydrogens is 142 g/mol. The first kappa shape index (κ1) is 10.4. The molecule has 0 fully saturated rings. The van der Waals surface area contributed by atoms with Crippen LogP contribution in [0.4, 0.5) is 0 Å². The fourth-order valence-electron chi connectivity index (χ4n) is 0.575. The number of ether oxygens (including phenoxy) is 1. The van der Waals surface area contributed by atoms with E-state index in [0.717, 1.165) is 5.71 Å². The van der Waals surface area contributed by atoms with Crippen molar-refractivity contribution in [3.8, 4) is 0 Å². The van der Waals surface area contributed by atoms with Crippen LogP contribution in [-0.2, 0) is 9.57 Å². The van der Waals surface area contributed by atoms with Gasteiger partial charge in [-0.1, -0.05) is 5.16 Å². The molecule has 0 aliphatic heterocycles. The largest absolute Gasteiger partial charge is 0.361 e. The third kappa shape index (κ3) is 5.85. The Bertz CT molecular complexity index is 137. The molecule has 0 N–H and O–H groups in total. The Kier molecular flexibility index (Phi) is 4.11. The van der Waals surface area contributed by atoms with Crippen LogP contribution in [0.5, 0.6) is 0 Å². The Balaban J connectivity index is 3.81. The highest BCUT2D eigenvalue weighted by Gasteiger charge is 2.18. The summed E-state index contributed by atoms with van der Waals surface area (Å²) in [7, 11) is 0. The van der Waals surface area contributed by atoms with Gasteiger partial charge >= 0.3 is 0 Å². The first-order valence-electron chi connectivity index (χ1n) is 3.81. The van der Waals surface area contributed by atoms with E-state index in [1.807, 2.05) is 34.6 Å². The highest BCUT2D eigenvalue weighted by molar-refractivity contribution is 5.78. The smallest absolute Gasteiger partial charge is 0.231 e. The van der Waals surface area contributed by atoms with E-state index in [1.54, 1.807) is 0 Å². The Morgan fingerprint density at radius 1 is 1.36 bits per heavy atom. The summed E-state index contributed by atoms with van der Waals surface area (Å²) in [6.07, 6.45) is 0. The van der Waals surface area contributed by atoms with E-state index in [2.05, 4.69) is 5.16 Å². The summed E-state index contributed by atoms with van der Waals surface area (Å²) in [5.41, 5.74) is 0.887. The highest BCUT2D eigenvalue weighted by Crippen LogP contribution is 2.10. The van der Waals surface area contributed by atoms with Gasteiger partial charge in [0.2, 0.25) is 5.79 Å². The van der Waals surface area contributed by atoms with Crippen LogP contribution in [0.3, 0.4) is 0 Å². The van der Waals surface area contributed by atoms with Gasteiger partial charge in [0.25, 0.3) is 0 Å². The zero-order valence-electron chi connectivity index (χ0n) is 7.97. The average Bonchev–Trinajstić information content (AvgIpc) is 1.84. The maximum Gasteiger partial charge on any atom is 0.231 e. The SMILES string of the molecule is CCOC(C)(C)ON=C(C)C. The molecule has 0 amide bonds. The highest BCUT2D eigenvalue weighted by atomic mass is 16.8. The first-order chi connectivity index (χ1) is 4.98. The van der Waals surface area contributed by atoms with Gasteiger partial charge in [-0.15, -0.1) is 0 Å². The summed E-state index contributed by atoms with van der Waals surface area (Å²) in [6.45, 7) is 9.98. The molecular formula is C8H17NO2. The molecule has 0 aliphatic rings. The molecule has 0 bridgehead atoms. The van der Waals surface area contributed by atoms with Crippen LogP contribution in [0, 0.1) is 0 Å². The second-order valence-electron chi connectivity index (χ2n) is 2.96. The third-order valence-corrected chi connectivity index (χ3v) is 0.940. The lowest BCUT2D eigenvalue weighted by molar-refractivity contribution is -0.211. The first-order valence-corrected chi connectivity index (χ1v) is 3.81. The average molecular weight is 159 g/mol. The molecule has 0 radical (unpaired) electrons. The van der Waals surface area contributed by atoms with Crippen LogP contribution in [0.15, 0.2) is 5.16 Å². The molecule has 0 unspecified atom stereocenters.